The standard InChI is InChI=1S/C19H30N4O2/c1-20(2)16-10-8-15(9-11-16)13-22(5)18(24)14-23-12-6-7-17(23)19(25)21(3)4/h8-11,17H,6-7,12-14H2,1-5H3. The zero-order valence-electron chi connectivity index (χ0n) is 16.0. The van der Waals surface area contributed by atoms with Crippen molar-refractivity contribution in [2.24, 2.45) is 0 Å². The van der Waals surface area contributed by atoms with Crippen LogP contribution in [0, 0.1) is 0 Å². The molecule has 6 nitrogen and oxygen atoms in total. The third kappa shape index (κ3) is 4.95. The van der Waals surface area contributed by atoms with Crippen LogP contribution in [0.3, 0.4) is 0 Å². The molecule has 1 saturated heterocycles. The van der Waals surface area contributed by atoms with Gasteiger partial charge in [0, 0.05) is 47.5 Å². The summed E-state index contributed by atoms with van der Waals surface area (Å²) in [5.41, 5.74) is 2.24. The summed E-state index contributed by atoms with van der Waals surface area (Å²) in [7, 11) is 9.37. The van der Waals surface area contributed by atoms with Crippen LogP contribution < -0.4 is 4.90 Å². The minimum absolute atomic E-state index is 0.0511. The van der Waals surface area contributed by atoms with Crippen LogP contribution in [0.2, 0.25) is 0 Å². The van der Waals surface area contributed by atoms with E-state index in [1.807, 2.05) is 43.1 Å². The van der Waals surface area contributed by atoms with Gasteiger partial charge in [0.15, 0.2) is 0 Å². The predicted molar refractivity (Wildman–Crippen MR) is 101 cm³/mol. The van der Waals surface area contributed by atoms with Crippen LogP contribution in [0.5, 0.6) is 0 Å². The van der Waals surface area contributed by atoms with Gasteiger partial charge in [-0.1, -0.05) is 12.1 Å². The number of carbonyl (C=O) groups is 2. The Labute approximate surface area is 151 Å². The molecule has 1 atom stereocenters. The van der Waals surface area contributed by atoms with E-state index in [4.69, 9.17) is 0 Å². The van der Waals surface area contributed by atoms with E-state index in [1.54, 1.807) is 23.9 Å². The Morgan fingerprint density at radius 2 is 1.72 bits per heavy atom. The first-order valence-electron chi connectivity index (χ1n) is 8.75. The van der Waals surface area contributed by atoms with Crippen LogP contribution in [-0.2, 0) is 16.1 Å². The monoisotopic (exact) mass is 346 g/mol. The molecular formula is C19H30N4O2. The van der Waals surface area contributed by atoms with Crippen molar-refractivity contribution in [2.75, 3.05) is 53.2 Å². The second kappa shape index (κ2) is 8.34. The van der Waals surface area contributed by atoms with Gasteiger partial charge in [-0.3, -0.25) is 14.5 Å². The summed E-state index contributed by atoms with van der Waals surface area (Å²) in [6, 6.07) is 8.05. The third-order valence-corrected chi connectivity index (χ3v) is 4.73. The molecule has 1 aliphatic heterocycles. The maximum atomic E-state index is 12.6. The van der Waals surface area contributed by atoms with Crippen molar-refractivity contribution in [3.8, 4) is 0 Å². The fraction of sp³-hybridized carbons (Fsp3) is 0.579. The van der Waals surface area contributed by atoms with Gasteiger partial charge in [0.25, 0.3) is 0 Å². The molecule has 1 unspecified atom stereocenters. The van der Waals surface area contributed by atoms with E-state index >= 15 is 0 Å². The summed E-state index contributed by atoms with van der Waals surface area (Å²) in [4.78, 5) is 32.2. The summed E-state index contributed by atoms with van der Waals surface area (Å²) >= 11 is 0. The summed E-state index contributed by atoms with van der Waals surface area (Å²) in [6.07, 6.45) is 1.80. The Hall–Kier alpha value is -2.08. The van der Waals surface area contributed by atoms with E-state index in [-0.39, 0.29) is 17.9 Å². The third-order valence-electron chi connectivity index (χ3n) is 4.73. The minimum atomic E-state index is -0.160. The molecule has 2 amide bonds. The van der Waals surface area contributed by atoms with Crippen LogP contribution in [0.15, 0.2) is 24.3 Å². The number of benzene rings is 1. The average Bonchev–Trinajstić information content (AvgIpc) is 3.02. The number of rotatable bonds is 6. The van der Waals surface area contributed by atoms with E-state index < -0.39 is 0 Å². The lowest BCUT2D eigenvalue weighted by molar-refractivity contribution is -0.136. The topological polar surface area (TPSA) is 47.1 Å². The van der Waals surface area contributed by atoms with Gasteiger partial charge in [0.2, 0.25) is 11.8 Å². The quantitative estimate of drug-likeness (QED) is 0.778. The molecule has 1 aromatic carbocycles. The molecule has 2 rings (SSSR count). The Kier molecular flexibility index (Phi) is 6.42. The maximum absolute atomic E-state index is 12.6. The van der Waals surface area contributed by atoms with Crippen molar-refractivity contribution in [3.63, 3.8) is 0 Å². The fourth-order valence-corrected chi connectivity index (χ4v) is 3.15. The number of hydrogen-bond acceptors (Lipinski definition) is 4. The second-order valence-corrected chi connectivity index (χ2v) is 7.17. The minimum Gasteiger partial charge on any atom is -0.378 e. The van der Waals surface area contributed by atoms with Gasteiger partial charge in [-0.25, -0.2) is 0 Å². The number of amides is 2. The number of hydrogen-bond donors (Lipinski definition) is 0. The zero-order chi connectivity index (χ0) is 18.6. The van der Waals surface area contributed by atoms with Gasteiger partial charge in [0.1, 0.15) is 0 Å². The molecule has 0 radical (unpaired) electrons. The summed E-state index contributed by atoms with van der Waals surface area (Å²) < 4.78 is 0. The summed E-state index contributed by atoms with van der Waals surface area (Å²) in [5, 5.41) is 0. The summed E-state index contributed by atoms with van der Waals surface area (Å²) in [6.45, 7) is 1.69. The van der Waals surface area contributed by atoms with E-state index in [2.05, 4.69) is 12.1 Å². The van der Waals surface area contributed by atoms with Crippen molar-refractivity contribution < 1.29 is 9.59 Å². The lowest BCUT2D eigenvalue weighted by Gasteiger charge is -2.27. The lowest BCUT2D eigenvalue weighted by Crippen LogP contribution is -2.46. The molecule has 138 valence electrons. The molecule has 0 saturated carbocycles. The van der Waals surface area contributed by atoms with E-state index in [1.165, 1.54) is 0 Å². The maximum Gasteiger partial charge on any atom is 0.239 e. The van der Waals surface area contributed by atoms with Gasteiger partial charge >= 0.3 is 0 Å². The molecule has 1 aliphatic rings. The molecule has 0 spiro atoms. The van der Waals surface area contributed by atoms with Crippen LogP contribution >= 0.6 is 0 Å². The van der Waals surface area contributed by atoms with Crippen LogP contribution in [0.25, 0.3) is 0 Å². The first kappa shape index (κ1) is 19.2. The SMILES string of the molecule is CN(C)C(=O)C1CCCN1CC(=O)N(C)Cc1ccc(N(C)C)cc1. The predicted octanol–water partition coefficient (Wildman–Crippen LogP) is 1.26. The highest BCUT2D eigenvalue weighted by atomic mass is 16.2. The van der Waals surface area contributed by atoms with Gasteiger partial charge in [0.05, 0.1) is 12.6 Å². The largest absolute Gasteiger partial charge is 0.378 e. The Bertz CT molecular complexity index is 598. The molecule has 25 heavy (non-hydrogen) atoms. The van der Waals surface area contributed by atoms with Crippen molar-refractivity contribution in [1.82, 2.24) is 14.7 Å². The highest BCUT2D eigenvalue weighted by Crippen LogP contribution is 2.19. The highest BCUT2D eigenvalue weighted by molar-refractivity contribution is 5.83. The summed E-state index contributed by atoms with van der Waals surface area (Å²) in [5.74, 6) is 0.141. The lowest BCUT2D eigenvalue weighted by atomic mass is 10.2. The first-order valence-corrected chi connectivity index (χ1v) is 8.75. The molecule has 0 aromatic heterocycles. The van der Waals surface area contributed by atoms with Gasteiger partial charge in [-0.05, 0) is 37.1 Å². The normalized spacial score (nSPS) is 17.4. The van der Waals surface area contributed by atoms with Crippen LogP contribution in [0.1, 0.15) is 18.4 Å². The molecule has 1 fully saturated rings. The van der Waals surface area contributed by atoms with Crippen LogP contribution in [-0.4, -0.2) is 80.9 Å². The van der Waals surface area contributed by atoms with Gasteiger partial charge < -0.3 is 14.7 Å². The molecule has 0 bridgehead atoms. The molecule has 1 heterocycles. The van der Waals surface area contributed by atoms with E-state index in [0.29, 0.717) is 13.1 Å². The second-order valence-electron chi connectivity index (χ2n) is 7.17. The highest BCUT2D eigenvalue weighted by Gasteiger charge is 2.33. The van der Waals surface area contributed by atoms with Crippen molar-refractivity contribution in [3.05, 3.63) is 29.8 Å². The number of likely N-dealkylation sites (tertiary alicyclic amines) is 1. The van der Waals surface area contributed by atoms with Crippen molar-refractivity contribution in [2.45, 2.75) is 25.4 Å². The Balaban J connectivity index is 1.92. The number of carbonyl (C=O) groups excluding carboxylic acids is 2. The number of likely N-dealkylation sites (N-methyl/N-ethyl adjacent to an activating group) is 2. The van der Waals surface area contributed by atoms with Crippen LogP contribution in [0.4, 0.5) is 5.69 Å². The first-order chi connectivity index (χ1) is 11.8. The van der Waals surface area contributed by atoms with Crippen molar-refractivity contribution >= 4 is 17.5 Å². The smallest absolute Gasteiger partial charge is 0.239 e. The van der Waals surface area contributed by atoms with Crippen molar-refractivity contribution in [1.29, 1.82) is 0 Å². The molecule has 0 N–H and O–H groups in total. The Morgan fingerprint density at radius 1 is 1.08 bits per heavy atom. The van der Waals surface area contributed by atoms with E-state index in [0.717, 1.165) is 30.6 Å². The molecule has 6 heteroatoms. The number of anilines is 1. The van der Waals surface area contributed by atoms with E-state index in [9.17, 15) is 9.59 Å². The molecule has 0 aliphatic carbocycles. The van der Waals surface area contributed by atoms with Gasteiger partial charge in [-0.15, -0.1) is 0 Å². The Morgan fingerprint density at radius 3 is 2.28 bits per heavy atom. The molecular weight excluding hydrogens is 316 g/mol. The average molecular weight is 346 g/mol. The number of nitrogens with zero attached hydrogens (tertiary/aromatic N) is 4. The zero-order valence-corrected chi connectivity index (χ0v) is 16.0. The van der Waals surface area contributed by atoms with Gasteiger partial charge in [-0.2, -0.15) is 0 Å². The molecule has 1 aromatic rings. The fourth-order valence-electron chi connectivity index (χ4n) is 3.15.